The Labute approximate surface area is 126 Å². The zero-order valence-electron chi connectivity index (χ0n) is 13.7. The van der Waals surface area contributed by atoms with Gasteiger partial charge >= 0.3 is 5.97 Å². The van der Waals surface area contributed by atoms with Gasteiger partial charge in [-0.3, -0.25) is 4.79 Å². The van der Waals surface area contributed by atoms with Gasteiger partial charge in [0.05, 0.1) is 6.61 Å². The number of unbranched alkanes of at least 4 members (excludes halogenated alkanes) is 9. The molecule has 0 rings (SSSR count). The van der Waals surface area contributed by atoms with Crippen LogP contribution >= 0.6 is 0 Å². The number of hydrogen-bond donors (Lipinski definition) is 0. The van der Waals surface area contributed by atoms with E-state index in [4.69, 9.17) is 4.74 Å². The molecular weight excluding hydrogens is 248 g/mol. The highest BCUT2D eigenvalue weighted by Crippen LogP contribution is 2.09. The summed E-state index contributed by atoms with van der Waals surface area (Å²) in [6, 6.07) is 0. The maximum atomic E-state index is 11.1. The van der Waals surface area contributed by atoms with E-state index in [-0.39, 0.29) is 5.97 Å². The molecule has 0 atom stereocenters. The van der Waals surface area contributed by atoms with Crippen molar-refractivity contribution in [1.82, 2.24) is 0 Å². The fourth-order valence-corrected chi connectivity index (χ4v) is 2.22. The van der Waals surface area contributed by atoms with Gasteiger partial charge in [-0.15, -0.1) is 0 Å². The minimum absolute atomic E-state index is 0.0430. The smallest absolute Gasteiger partial charge is 0.305 e. The largest absolute Gasteiger partial charge is 0.466 e. The second-order valence-corrected chi connectivity index (χ2v) is 5.43. The average Bonchev–Trinajstić information content (AvgIpc) is 2.44. The summed E-state index contributed by atoms with van der Waals surface area (Å²) >= 11 is 0. The number of rotatable bonds is 14. The van der Waals surface area contributed by atoms with Crippen LogP contribution in [0.4, 0.5) is 0 Å². The zero-order chi connectivity index (χ0) is 14.9. The SMILES string of the molecule is CCCCCC/C=C\CCCCCCCC(=O)OCC. The van der Waals surface area contributed by atoms with E-state index < -0.39 is 0 Å². The molecule has 2 heteroatoms. The summed E-state index contributed by atoms with van der Waals surface area (Å²) in [5, 5.41) is 0. The predicted octanol–water partition coefficient (Wildman–Crippen LogP) is 5.81. The molecule has 0 radical (unpaired) electrons. The van der Waals surface area contributed by atoms with Crippen LogP contribution in [0.15, 0.2) is 12.2 Å². The van der Waals surface area contributed by atoms with E-state index in [1.54, 1.807) is 0 Å². The monoisotopic (exact) mass is 282 g/mol. The summed E-state index contributed by atoms with van der Waals surface area (Å²) in [4.78, 5) is 11.1. The van der Waals surface area contributed by atoms with E-state index in [1.165, 1.54) is 57.8 Å². The Bertz CT molecular complexity index is 234. The quantitative estimate of drug-likeness (QED) is 0.228. The summed E-state index contributed by atoms with van der Waals surface area (Å²) in [6.45, 7) is 4.61. The molecule has 20 heavy (non-hydrogen) atoms. The van der Waals surface area contributed by atoms with Gasteiger partial charge in [-0.2, -0.15) is 0 Å². The number of carbonyl (C=O) groups excluding carboxylic acids is 1. The highest BCUT2D eigenvalue weighted by atomic mass is 16.5. The Balaban J connectivity index is 3.12. The maximum absolute atomic E-state index is 11.1. The molecule has 0 aromatic rings. The van der Waals surface area contributed by atoms with Crippen molar-refractivity contribution in [3.05, 3.63) is 12.2 Å². The van der Waals surface area contributed by atoms with Crippen LogP contribution < -0.4 is 0 Å². The molecule has 0 saturated carbocycles. The highest BCUT2D eigenvalue weighted by molar-refractivity contribution is 5.69. The predicted molar refractivity (Wildman–Crippen MR) is 86.9 cm³/mol. The van der Waals surface area contributed by atoms with Crippen LogP contribution in [0.2, 0.25) is 0 Å². The van der Waals surface area contributed by atoms with Gasteiger partial charge in [0.2, 0.25) is 0 Å². The van der Waals surface area contributed by atoms with E-state index >= 15 is 0 Å². The first-order valence-corrected chi connectivity index (χ1v) is 8.61. The number of ether oxygens (including phenoxy) is 1. The molecule has 0 aliphatic heterocycles. The average molecular weight is 282 g/mol. The molecule has 0 N–H and O–H groups in total. The topological polar surface area (TPSA) is 26.3 Å². The minimum atomic E-state index is -0.0430. The van der Waals surface area contributed by atoms with Crippen LogP contribution in [-0.4, -0.2) is 12.6 Å². The lowest BCUT2D eigenvalue weighted by Gasteiger charge is -2.01. The Morgan fingerprint density at radius 2 is 1.35 bits per heavy atom. The van der Waals surface area contributed by atoms with Crippen LogP contribution in [-0.2, 0) is 9.53 Å². The van der Waals surface area contributed by atoms with Crippen molar-refractivity contribution < 1.29 is 9.53 Å². The summed E-state index contributed by atoms with van der Waals surface area (Å²) in [5.74, 6) is -0.0430. The summed E-state index contributed by atoms with van der Waals surface area (Å²) in [6.07, 6.45) is 19.1. The van der Waals surface area contributed by atoms with Gasteiger partial charge in [-0.25, -0.2) is 0 Å². The molecule has 0 aromatic carbocycles. The van der Waals surface area contributed by atoms with Gasteiger partial charge in [-0.05, 0) is 39.0 Å². The Kier molecular flexibility index (Phi) is 15.6. The van der Waals surface area contributed by atoms with E-state index in [0.717, 1.165) is 12.8 Å². The summed E-state index contributed by atoms with van der Waals surface area (Å²) < 4.78 is 4.90. The molecule has 0 saturated heterocycles. The Morgan fingerprint density at radius 3 is 1.95 bits per heavy atom. The van der Waals surface area contributed by atoms with Crippen LogP contribution in [0, 0.1) is 0 Å². The Hall–Kier alpha value is -0.790. The molecule has 0 bridgehead atoms. The molecule has 118 valence electrons. The molecule has 0 heterocycles. The molecule has 2 nitrogen and oxygen atoms in total. The number of carbonyl (C=O) groups is 1. The molecule has 0 aromatic heterocycles. The van der Waals surface area contributed by atoms with E-state index in [1.807, 2.05) is 6.92 Å². The highest BCUT2D eigenvalue weighted by Gasteiger charge is 2.00. The van der Waals surface area contributed by atoms with Crippen molar-refractivity contribution in [2.45, 2.75) is 90.9 Å². The maximum Gasteiger partial charge on any atom is 0.305 e. The van der Waals surface area contributed by atoms with Crippen molar-refractivity contribution in [2.75, 3.05) is 6.61 Å². The number of esters is 1. The lowest BCUT2D eigenvalue weighted by Crippen LogP contribution is -2.03. The van der Waals surface area contributed by atoms with Gasteiger partial charge in [0.1, 0.15) is 0 Å². The van der Waals surface area contributed by atoms with Gasteiger partial charge in [0.15, 0.2) is 0 Å². The fourth-order valence-electron chi connectivity index (χ4n) is 2.22. The molecule has 0 spiro atoms. The molecule has 0 amide bonds. The normalized spacial score (nSPS) is 11.1. The van der Waals surface area contributed by atoms with Crippen molar-refractivity contribution >= 4 is 5.97 Å². The van der Waals surface area contributed by atoms with Crippen LogP contribution in [0.1, 0.15) is 90.9 Å². The molecule has 0 unspecified atom stereocenters. The van der Waals surface area contributed by atoms with Gasteiger partial charge in [0, 0.05) is 6.42 Å². The lowest BCUT2D eigenvalue weighted by atomic mass is 10.1. The van der Waals surface area contributed by atoms with E-state index in [0.29, 0.717) is 13.0 Å². The molecular formula is C18H34O2. The first kappa shape index (κ1) is 19.2. The third-order valence-corrected chi connectivity index (χ3v) is 3.45. The van der Waals surface area contributed by atoms with Crippen LogP contribution in [0.3, 0.4) is 0 Å². The second kappa shape index (κ2) is 16.3. The zero-order valence-corrected chi connectivity index (χ0v) is 13.7. The van der Waals surface area contributed by atoms with Crippen molar-refractivity contribution in [3.8, 4) is 0 Å². The lowest BCUT2D eigenvalue weighted by molar-refractivity contribution is -0.143. The first-order chi connectivity index (χ1) is 9.81. The summed E-state index contributed by atoms with van der Waals surface area (Å²) in [7, 11) is 0. The van der Waals surface area contributed by atoms with E-state index in [9.17, 15) is 4.79 Å². The number of hydrogen-bond acceptors (Lipinski definition) is 2. The first-order valence-electron chi connectivity index (χ1n) is 8.61. The van der Waals surface area contributed by atoms with Crippen molar-refractivity contribution in [1.29, 1.82) is 0 Å². The van der Waals surface area contributed by atoms with Gasteiger partial charge < -0.3 is 4.74 Å². The van der Waals surface area contributed by atoms with E-state index in [2.05, 4.69) is 19.1 Å². The van der Waals surface area contributed by atoms with Crippen LogP contribution in [0.25, 0.3) is 0 Å². The van der Waals surface area contributed by atoms with Crippen LogP contribution in [0.5, 0.6) is 0 Å². The Morgan fingerprint density at radius 1 is 0.800 bits per heavy atom. The van der Waals surface area contributed by atoms with Crippen molar-refractivity contribution in [3.63, 3.8) is 0 Å². The molecule has 0 aliphatic rings. The standard InChI is InChI=1S/C18H34O2/c1-3-5-6-7-8-9-10-11-12-13-14-15-16-17-18(19)20-4-2/h9-10H,3-8,11-17H2,1-2H3/b10-9-. The third kappa shape index (κ3) is 15.3. The minimum Gasteiger partial charge on any atom is -0.466 e. The van der Waals surface area contributed by atoms with Gasteiger partial charge in [-0.1, -0.05) is 57.6 Å². The van der Waals surface area contributed by atoms with Crippen molar-refractivity contribution in [2.24, 2.45) is 0 Å². The molecule has 0 fully saturated rings. The fraction of sp³-hybridized carbons (Fsp3) is 0.833. The van der Waals surface area contributed by atoms with Gasteiger partial charge in [0.25, 0.3) is 0 Å². The number of allylic oxidation sites excluding steroid dienone is 2. The third-order valence-electron chi connectivity index (χ3n) is 3.45. The second-order valence-electron chi connectivity index (χ2n) is 5.43. The summed E-state index contributed by atoms with van der Waals surface area (Å²) in [5.41, 5.74) is 0. The molecule has 0 aliphatic carbocycles.